The minimum Gasteiger partial charge on any atom is -0.461 e. The first-order valence-electron chi connectivity index (χ1n) is 6.71. The molecule has 22 heavy (non-hydrogen) atoms. The van der Waals surface area contributed by atoms with Gasteiger partial charge in [-0.25, -0.2) is 9.48 Å². The largest absolute Gasteiger partial charge is 0.461 e. The zero-order valence-electron chi connectivity index (χ0n) is 11.7. The Morgan fingerprint density at radius 2 is 1.95 bits per heavy atom. The van der Waals surface area contributed by atoms with Crippen LogP contribution < -0.4 is 0 Å². The van der Waals surface area contributed by atoms with Crippen LogP contribution in [0, 0.1) is 0 Å². The lowest BCUT2D eigenvalue weighted by Gasteiger charge is -2.07. The summed E-state index contributed by atoms with van der Waals surface area (Å²) in [7, 11) is 0. The molecule has 0 unspecified atom stereocenters. The molecule has 1 heterocycles. The third kappa shape index (κ3) is 2.80. The maximum Gasteiger partial charge on any atom is 0.357 e. The van der Waals surface area contributed by atoms with Gasteiger partial charge in [0.1, 0.15) is 0 Å². The lowest BCUT2D eigenvalue weighted by molar-refractivity contribution is 0.0518. The van der Waals surface area contributed by atoms with Crippen molar-refractivity contribution < 1.29 is 9.53 Å². The van der Waals surface area contributed by atoms with Crippen LogP contribution in [0.5, 0.6) is 0 Å². The first-order valence-corrected chi connectivity index (χ1v) is 8.30. The second-order valence-electron chi connectivity index (χ2n) is 4.62. The molecule has 0 saturated heterocycles. The van der Waals surface area contributed by atoms with Crippen molar-refractivity contribution >= 4 is 48.7 Å². The van der Waals surface area contributed by atoms with E-state index in [1.807, 2.05) is 42.5 Å². The lowest BCUT2D eigenvalue weighted by atomic mass is 10.2. The first-order chi connectivity index (χ1) is 10.6. The van der Waals surface area contributed by atoms with E-state index in [9.17, 15) is 4.79 Å². The van der Waals surface area contributed by atoms with Gasteiger partial charge in [-0.1, -0.05) is 37.9 Å². The normalized spacial score (nSPS) is 10.9. The number of carbonyl (C=O) groups excluding carboxylic acids is 1. The number of ether oxygens (including phenoxy) is 1. The summed E-state index contributed by atoms with van der Waals surface area (Å²) in [6.45, 7) is 2.11. The van der Waals surface area contributed by atoms with Crippen LogP contribution in [-0.2, 0) is 4.74 Å². The van der Waals surface area contributed by atoms with Gasteiger partial charge in [-0.2, -0.15) is 5.10 Å². The number of hydrogen-bond acceptors (Lipinski definition) is 3. The molecule has 0 aliphatic heterocycles. The molecule has 0 atom stereocenters. The topological polar surface area (TPSA) is 44.1 Å². The highest BCUT2D eigenvalue weighted by Gasteiger charge is 2.20. The fourth-order valence-corrected chi connectivity index (χ4v) is 2.99. The molecule has 112 valence electrons. The van der Waals surface area contributed by atoms with Gasteiger partial charge >= 0.3 is 5.97 Å². The lowest BCUT2D eigenvalue weighted by Crippen LogP contribution is -2.12. The average Bonchev–Trinajstić information content (AvgIpc) is 2.86. The summed E-state index contributed by atoms with van der Waals surface area (Å²) >= 11 is 6.87. The van der Waals surface area contributed by atoms with E-state index in [0.29, 0.717) is 12.3 Å². The highest BCUT2D eigenvalue weighted by atomic mass is 79.9. The maximum absolute atomic E-state index is 12.4. The summed E-state index contributed by atoms with van der Waals surface area (Å²) in [4.78, 5) is 12.4. The van der Waals surface area contributed by atoms with Crippen molar-refractivity contribution in [3.63, 3.8) is 0 Å². The van der Waals surface area contributed by atoms with Crippen LogP contribution in [-0.4, -0.2) is 22.4 Å². The number of aromatic nitrogens is 2. The third-order valence-corrected chi connectivity index (χ3v) is 4.14. The molecule has 0 bridgehead atoms. The van der Waals surface area contributed by atoms with Crippen molar-refractivity contribution in [3.05, 3.63) is 57.1 Å². The van der Waals surface area contributed by atoms with E-state index in [4.69, 9.17) is 4.74 Å². The Bertz CT molecular complexity index is 858. The van der Waals surface area contributed by atoms with Crippen LogP contribution >= 0.6 is 31.9 Å². The Labute approximate surface area is 144 Å². The standard InChI is InChI=1S/C16H12Br2N2O2/c1-2-22-16(21)15-13-7-6-11(18)9-14(13)19-20(15)12-5-3-4-10(17)8-12/h3-9H,2H2,1H3. The van der Waals surface area contributed by atoms with Gasteiger partial charge in [0.05, 0.1) is 17.8 Å². The summed E-state index contributed by atoms with van der Waals surface area (Å²) in [5, 5.41) is 5.32. The molecule has 1 aromatic heterocycles. The Morgan fingerprint density at radius 3 is 2.68 bits per heavy atom. The number of benzene rings is 2. The fraction of sp³-hybridized carbons (Fsp3) is 0.125. The van der Waals surface area contributed by atoms with Gasteiger partial charge in [0.25, 0.3) is 0 Å². The zero-order valence-corrected chi connectivity index (χ0v) is 14.9. The minimum atomic E-state index is -0.382. The summed E-state index contributed by atoms with van der Waals surface area (Å²) in [6.07, 6.45) is 0. The Kier molecular flexibility index (Phi) is 4.31. The second kappa shape index (κ2) is 6.22. The van der Waals surface area contributed by atoms with Crippen LogP contribution in [0.1, 0.15) is 17.4 Å². The molecule has 0 N–H and O–H groups in total. The Hall–Kier alpha value is -1.66. The zero-order chi connectivity index (χ0) is 15.7. The minimum absolute atomic E-state index is 0.320. The molecule has 0 fully saturated rings. The number of esters is 1. The highest BCUT2D eigenvalue weighted by Crippen LogP contribution is 2.26. The van der Waals surface area contributed by atoms with Gasteiger partial charge < -0.3 is 4.74 Å². The molecule has 0 radical (unpaired) electrons. The summed E-state index contributed by atoms with van der Waals surface area (Å²) in [6, 6.07) is 13.3. The van der Waals surface area contributed by atoms with E-state index in [2.05, 4.69) is 37.0 Å². The van der Waals surface area contributed by atoms with Crippen molar-refractivity contribution in [3.8, 4) is 5.69 Å². The average molecular weight is 424 g/mol. The van der Waals surface area contributed by atoms with Crippen LogP contribution in [0.3, 0.4) is 0 Å². The predicted molar refractivity (Wildman–Crippen MR) is 92.4 cm³/mol. The summed E-state index contributed by atoms with van der Waals surface area (Å²) in [5.41, 5.74) is 1.96. The van der Waals surface area contributed by atoms with Crippen LogP contribution in [0.15, 0.2) is 51.4 Å². The van der Waals surface area contributed by atoms with Crippen molar-refractivity contribution in [1.82, 2.24) is 9.78 Å². The number of hydrogen-bond donors (Lipinski definition) is 0. The monoisotopic (exact) mass is 422 g/mol. The summed E-state index contributed by atoms with van der Waals surface area (Å²) < 4.78 is 8.65. The Balaban J connectivity index is 2.28. The van der Waals surface area contributed by atoms with Crippen LogP contribution in [0.2, 0.25) is 0 Å². The Morgan fingerprint density at radius 1 is 1.18 bits per heavy atom. The number of nitrogens with zero attached hydrogens (tertiary/aromatic N) is 2. The van der Waals surface area contributed by atoms with E-state index in [1.54, 1.807) is 11.6 Å². The van der Waals surface area contributed by atoms with Crippen LogP contribution in [0.25, 0.3) is 16.6 Å². The summed E-state index contributed by atoms with van der Waals surface area (Å²) in [5.74, 6) is -0.382. The molecule has 0 spiro atoms. The molecule has 6 heteroatoms. The molecule has 0 aliphatic rings. The first kappa shape index (κ1) is 15.2. The molecule has 3 aromatic rings. The molecular weight excluding hydrogens is 412 g/mol. The molecular formula is C16H12Br2N2O2. The van der Waals surface area contributed by atoms with Crippen molar-refractivity contribution in [1.29, 1.82) is 0 Å². The second-order valence-corrected chi connectivity index (χ2v) is 6.45. The number of rotatable bonds is 3. The molecule has 0 aliphatic carbocycles. The van der Waals surface area contributed by atoms with E-state index in [-0.39, 0.29) is 5.97 Å². The van der Waals surface area contributed by atoms with Crippen LogP contribution in [0.4, 0.5) is 0 Å². The van der Waals surface area contributed by atoms with E-state index in [0.717, 1.165) is 25.5 Å². The van der Waals surface area contributed by atoms with Gasteiger partial charge in [0.2, 0.25) is 0 Å². The van der Waals surface area contributed by atoms with Gasteiger partial charge in [0.15, 0.2) is 5.69 Å². The van der Waals surface area contributed by atoms with Gasteiger partial charge in [0, 0.05) is 14.3 Å². The van der Waals surface area contributed by atoms with E-state index < -0.39 is 0 Å². The molecule has 0 saturated carbocycles. The smallest absolute Gasteiger partial charge is 0.357 e. The van der Waals surface area contributed by atoms with Gasteiger partial charge in [-0.3, -0.25) is 0 Å². The fourth-order valence-electron chi connectivity index (χ4n) is 2.25. The number of fused-ring (bicyclic) bond motifs is 1. The van der Waals surface area contributed by atoms with E-state index in [1.165, 1.54) is 0 Å². The molecule has 4 nitrogen and oxygen atoms in total. The number of carbonyl (C=O) groups is 1. The molecule has 2 aromatic carbocycles. The highest BCUT2D eigenvalue weighted by molar-refractivity contribution is 9.10. The molecule has 0 amide bonds. The third-order valence-electron chi connectivity index (χ3n) is 3.16. The molecule has 3 rings (SSSR count). The van der Waals surface area contributed by atoms with Gasteiger partial charge in [-0.15, -0.1) is 0 Å². The van der Waals surface area contributed by atoms with Crippen molar-refractivity contribution in [2.24, 2.45) is 0 Å². The van der Waals surface area contributed by atoms with Gasteiger partial charge in [-0.05, 0) is 43.3 Å². The SMILES string of the molecule is CCOC(=O)c1c2ccc(Br)cc2nn1-c1cccc(Br)c1. The quantitative estimate of drug-likeness (QED) is 0.572. The predicted octanol–water partition coefficient (Wildman–Crippen LogP) is 4.73. The van der Waals surface area contributed by atoms with E-state index >= 15 is 0 Å². The maximum atomic E-state index is 12.4. The van der Waals surface area contributed by atoms with Crippen molar-refractivity contribution in [2.75, 3.05) is 6.61 Å². The van der Waals surface area contributed by atoms with Crippen molar-refractivity contribution in [2.45, 2.75) is 6.92 Å². The number of halogens is 2.